The zero-order chi connectivity index (χ0) is 14.4. The molecule has 2 aromatic rings. The van der Waals surface area contributed by atoms with Crippen LogP contribution in [0, 0.1) is 5.82 Å². The van der Waals surface area contributed by atoms with Crippen LogP contribution in [0.15, 0.2) is 42.5 Å². The highest BCUT2D eigenvalue weighted by Crippen LogP contribution is 2.21. The van der Waals surface area contributed by atoms with Gasteiger partial charge < -0.3 is 10.1 Å². The van der Waals surface area contributed by atoms with Gasteiger partial charge in [0.25, 0.3) is 0 Å². The van der Waals surface area contributed by atoms with E-state index in [0.717, 1.165) is 18.5 Å². The Balaban J connectivity index is 1.91. The van der Waals surface area contributed by atoms with E-state index in [-0.39, 0.29) is 5.02 Å². The van der Waals surface area contributed by atoms with E-state index in [0.29, 0.717) is 12.4 Å². The van der Waals surface area contributed by atoms with Gasteiger partial charge in [0.05, 0.1) is 5.02 Å². The van der Waals surface area contributed by atoms with Crippen LogP contribution < -0.4 is 10.1 Å². The molecule has 0 amide bonds. The van der Waals surface area contributed by atoms with Crippen LogP contribution in [0.1, 0.15) is 11.1 Å². The first-order chi connectivity index (χ1) is 9.69. The Hall–Kier alpha value is -1.58. The third kappa shape index (κ3) is 4.22. The molecule has 0 heterocycles. The van der Waals surface area contributed by atoms with Gasteiger partial charge in [-0.15, -0.1) is 0 Å². The van der Waals surface area contributed by atoms with E-state index in [4.69, 9.17) is 16.3 Å². The van der Waals surface area contributed by atoms with Gasteiger partial charge in [0.15, 0.2) is 0 Å². The van der Waals surface area contributed by atoms with E-state index in [2.05, 4.69) is 17.4 Å². The smallest absolute Gasteiger partial charge is 0.142 e. The monoisotopic (exact) mass is 293 g/mol. The number of nitrogens with one attached hydrogen (secondary N) is 1. The zero-order valence-electron chi connectivity index (χ0n) is 11.3. The minimum atomic E-state index is -0.437. The predicted molar refractivity (Wildman–Crippen MR) is 79.8 cm³/mol. The molecule has 2 nitrogen and oxygen atoms in total. The highest BCUT2D eigenvalue weighted by atomic mass is 35.5. The van der Waals surface area contributed by atoms with Gasteiger partial charge in [-0.1, -0.05) is 35.9 Å². The minimum Gasteiger partial charge on any atom is -0.489 e. The van der Waals surface area contributed by atoms with Crippen LogP contribution >= 0.6 is 11.6 Å². The molecule has 0 atom stereocenters. The van der Waals surface area contributed by atoms with Gasteiger partial charge in [0, 0.05) is 6.07 Å². The van der Waals surface area contributed by atoms with Crippen molar-refractivity contribution in [1.29, 1.82) is 0 Å². The summed E-state index contributed by atoms with van der Waals surface area (Å²) in [5, 5.41) is 3.19. The second kappa shape index (κ2) is 7.27. The molecule has 20 heavy (non-hydrogen) atoms. The highest BCUT2D eigenvalue weighted by molar-refractivity contribution is 6.30. The Bertz CT molecular complexity index is 557. The molecule has 0 aliphatic heterocycles. The molecule has 0 spiro atoms. The molecule has 0 fully saturated rings. The second-order valence-corrected chi connectivity index (χ2v) is 4.94. The lowest BCUT2D eigenvalue weighted by Gasteiger charge is -2.08. The third-order valence-corrected chi connectivity index (χ3v) is 3.27. The van der Waals surface area contributed by atoms with Crippen molar-refractivity contribution in [1.82, 2.24) is 5.32 Å². The SMILES string of the molecule is CNCCc1ccc(COc2ccc(F)c(Cl)c2)cc1. The molecule has 0 radical (unpaired) electrons. The maximum absolute atomic E-state index is 13.0. The number of rotatable bonds is 6. The van der Waals surface area contributed by atoms with Crippen LogP contribution in [-0.4, -0.2) is 13.6 Å². The number of hydrogen-bond acceptors (Lipinski definition) is 2. The summed E-state index contributed by atoms with van der Waals surface area (Å²) in [7, 11) is 1.94. The van der Waals surface area contributed by atoms with Gasteiger partial charge in [0.2, 0.25) is 0 Å². The molecule has 0 unspecified atom stereocenters. The Kier molecular flexibility index (Phi) is 5.39. The summed E-state index contributed by atoms with van der Waals surface area (Å²) >= 11 is 5.70. The number of halogens is 2. The topological polar surface area (TPSA) is 21.3 Å². The second-order valence-electron chi connectivity index (χ2n) is 4.53. The lowest BCUT2D eigenvalue weighted by atomic mass is 10.1. The van der Waals surface area contributed by atoms with Crippen molar-refractivity contribution >= 4 is 11.6 Å². The normalized spacial score (nSPS) is 10.6. The quantitative estimate of drug-likeness (QED) is 0.874. The Morgan fingerprint density at radius 2 is 1.80 bits per heavy atom. The van der Waals surface area contributed by atoms with Gasteiger partial charge in [-0.05, 0) is 43.3 Å². The molecule has 4 heteroatoms. The zero-order valence-corrected chi connectivity index (χ0v) is 12.1. The van der Waals surface area contributed by atoms with Crippen molar-refractivity contribution in [2.75, 3.05) is 13.6 Å². The molecule has 0 saturated heterocycles. The molecule has 1 N–H and O–H groups in total. The van der Waals surface area contributed by atoms with E-state index in [1.807, 2.05) is 19.2 Å². The van der Waals surface area contributed by atoms with E-state index >= 15 is 0 Å². The summed E-state index contributed by atoms with van der Waals surface area (Å²) in [6.07, 6.45) is 1.01. The van der Waals surface area contributed by atoms with Crippen molar-refractivity contribution in [3.8, 4) is 5.75 Å². The summed E-state index contributed by atoms with van der Waals surface area (Å²) in [6, 6.07) is 12.6. The van der Waals surface area contributed by atoms with Crippen LogP contribution in [0.5, 0.6) is 5.75 Å². The summed E-state index contributed by atoms with van der Waals surface area (Å²) in [5.41, 5.74) is 2.35. The highest BCUT2D eigenvalue weighted by Gasteiger charge is 2.02. The van der Waals surface area contributed by atoms with Crippen LogP contribution in [-0.2, 0) is 13.0 Å². The number of likely N-dealkylation sites (N-methyl/N-ethyl adjacent to an activating group) is 1. The molecule has 0 aliphatic carbocycles. The molecule has 106 valence electrons. The molecule has 2 aromatic carbocycles. The maximum atomic E-state index is 13.0. The van der Waals surface area contributed by atoms with Crippen molar-refractivity contribution in [2.24, 2.45) is 0 Å². The lowest BCUT2D eigenvalue weighted by Crippen LogP contribution is -2.10. The molecule has 0 aromatic heterocycles. The number of ether oxygens (including phenoxy) is 1. The Morgan fingerprint density at radius 3 is 2.45 bits per heavy atom. The van der Waals surface area contributed by atoms with Crippen molar-refractivity contribution in [2.45, 2.75) is 13.0 Å². The largest absolute Gasteiger partial charge is 0.489 e. The van der Waals surface area contributed by atoms with E-state index in [1.54, 1.807) is 6.07 Å². The fraction of sp³-hybridized carbons (Fsp3) is 0.250. The summed E-state index contributed by atoms with van der Waals surface area (Å²) in [5.74, 6) is 0.128. The van der Waals surface area contributed by atoms with Gasteiger partial charge in [-0.3, -0.25) is 0 Å². The lowest BCUT2D eigenvalue weighted by molar-refractivity contribution is 0.306. The van der Waals surface area contributed by atoms with Crippen molar-refractivity contribution in [3.05, 3.63) is 64.4 Å². The van der Waals surface area contributed by atoms with Gasteiger partial charge >= 0.3 is 0 Å². The fourth-order valence-corrected chi connectivity index (χ4v) is 1.98. The Labute approximate surface area is 123 Å². The molecular weight excluding hydrogens is 277 g/mol. The van der Waals surface area contributed by atoms with Gasteiger partial charge in [-0.25, -0.2) is 4.39 Å². The summed E-state index contributed by atoms with van der Waals surface area (Å²) < 4.78 is 18.6. The standard InChI is InChI=1S/C16H17ClFNO/c1-19-9-8-12-2-4-13(5-3-12)11-20-14-6-7-16(18)15(17)10-14/h2-7,10,19H,8-9,11H2,1H3. The van der Waals surface area contributed by atoms with Crippen LogP contribution in [0.4, 0.5) is 4.39 Å². The fourth-order valence-electron chi connectivity index (χ4n) is 1.80. The van der Waals surface area contributed by atoms with Crippen molar-refractivity contribution in [3.63, 3.8) is 0 Å². The average molecular weight is 294 g/mol. The van der Waals surface area contributed by atoms with E-state index in [9.17, 15) is 4.39 Å². The first-order valence-corrected chi connectivity index (χ1v) is 6.87. The average Bonchev–Trinajstić information content (AvgIpc) is 2.47. The van der Waals surface area contributed by atoms with Crippen LogP contribution in [0.25, 0.3) is 0 Å². The molecule has 0 bridgehead atoms. The van der Waals surface area contributed by atoms with Crippen molar-refractivity contribution < 1.29 is 9.13 Å². The van der Waals surface area contributed by atoms with Crippen LogP contribution in [0.3, 0.4) is 0 Å². The number of hydrogen-bond donors (Lipinski definition) is 1. The summed E-state index contributed by atoms with van der Waals surface area (Å²) in [4.78, 5) is 0. The molecule has 0 aliphatic rings. The summed E-state index contributed by atoms with van der Waals surface area (Å²) in [6.45, 7) is 1.40. The third-order valence-electron chi connectivity index (χ3n) is 2.98. The molecule has 0 saturated carbocycles. The first kappa shape index (κ1) is 14.8. The Morgan fingerprint density at radius 1 is 1.10 bits per heavy atom. The van der Waals surface area contributed by atoms with E-state index < -0.39 is 5.82 Å². The van der Waals surface area contributed by atoms with Crippen LogP contribution in [0.2, 0.25) is 5.02 Å². The van der Waals surface area contributed by atoms with Gasteiger partial charge in [0.1, 0.15) is 18.2 Å². The number of benzene rings is 2. The maximum Gasteiger partial charge on any atom is 0.142 e. The van der Waals surface area contributed by atoms with E-state index in [1.165, 1.54) is 17.7 Å². The predicted octanol–water partition coefficient (Wildman–Crippen LogP) is 3.82. The van der Waals surface area contributed by atoms with Gasteiger partial charge in [-0.2, -0.15) is 0 Å². The molecular formula is C16H17ClFNO. The first-order valence-electron chi connectivity index (χ1n) is 6.49. The molecule has 2 rings (SSSR count). The minimum absolute atomic E-state index is 0.0740.